The predicted octanol–water partition coefficient (Wildman–Crippen LogP) is 2.73. The predicted molar refractivity (Wildman–Crippen MR) is 65.0 cm³/mol. The number of halogens is 2. The lowest BCUT2D eigenvalue weighted by atomic mass is 10.1. The van der Waals surface area contributed by atoms with Gasteiger partial charge in [0.2, 0.25) is 0 Å². The van der Waals surface area contributed by atoms with E-state index >= 15 is 0 Å². The summed E-state index contributed by atoms with van der Waals surface area (Å²) in [5, 5.41) is 4.23. The number of rotatable bonds is 1. The molecule has 1 heterocycles. The molecule has 1 fully saturated rings. The average molecular weight is 248 g/mol. The van der Waals surface area contributed by atoms with E-state index in [2.05, 4.69) is 11.4 Å². The van der Waals surface area contributed by atoms with Gasteiger partial charge in [-0.1, -0.05) is 23.7 Å². The van der Waals surface area contributed by atoms with Gasteiger partial charge >= 0.3 is 0 Å². The second-order valence-corrected chi connectivity index (χ2v) is 4.00. The summed E-state index contributed by atoms with van der Waals surface area (Å²) in [6.45, 7) is 4.46. The number of hydrogen-bond acceptors (Lipinski definition) is 2. The first kappa shape index (κ1) is 12.8. The van der Waals surface area contributed by atoms with Crippen molar-refractivity contribution in [2.75, 3.05) is 19.8 Å². The van der Waals surface area contributed by atoms with Gasteiger partial charge in [0.15, 0.2) is 0 Å². The highest BCUT2D eigenvalue weighted by molar-refractivity contribution is 6.31. The lowest BCUT2D eigenvalue weighted by Crippen LogP contribution is -2.34. The van der Waals surface area contributed by atoms with Crippen molar-refractivity contribution in [1.29, 1.82) is 0 Å². The van der Waals surface area contributed by atoms with Crippen molar-refractivity contribution in [1.82, 2.24) is 5.32 Å². The number of benzene rings is 1. The molecule has 1 aromatic rings. The van der Waals surface area contributed by atoms with Crippen LogP contribution in [0.15, 0.2) is 18.2 Å². The number of morpholine rings is 1. The molecule has 0 radical (unpaired) electrons. The molecule has 1 aromatic carbocycles. The molecule has 0 bridgehead atoms. The topological polar surface area (TPSA) is 21.3 Å². The summed E-state index contributed by atoms with van der Waals surface area (Å²) < 4.78 is 5.40. The Bertz CT molecular complexity index is 324. The minimum atomic E-state index is 0. The Morgan fingerprint density at radius 2 is 2.27 bits per heavy atom. The molecular formula is C11H15Cl2NO. The molecule has 2 nitrogen and oxygen atoms in total. The fourth-order valence-electron chi connectivity index (χ4n) is 1.61. The Morgan fingerprint density at radius 1 is 1.47 bits per heavy atom. The summed E-state index contributed by atoms with van der Waals surface area (Å²) in [4.78, 5) is 0. The SMILES string of the molecule is Cc1ccc([C@H]2COCCN2)cc1Cl.Cl. The molecule has 0 aliphatic carbocycles. The van der Waals surface area contributed by atoms with Crippen LogP contribution in [0.4, 0.5) is 0 Å². The number of aryl methyl sites for hydroxylation is 1. The van der Waals surface area contributed by atoms with E-state index < -0.39 is 0 Å². The maximum Gasteiger partial charge on any atom is 0.0662 e. The largest absolute Gasteiger partial charge is 0.378 e. The van der Waals surface area contributed by atoms with Gasteiger partial charge in [0, 0.05) is 11.6 Å². The van der Waals surface area contributed by atoms with Gasteiger partial charge in [-0.25, -0.2) is 0 Å². The number of ether oxygens (including phenoxy) is 1. The van der Waals surface area contributed by atoms with E-state index in [9.17, 15) is 0 Å². The lowest BCUT2D eigenvalue weighted by molar-refractivity contribution is 0.0769. The zero-order chi connectivity index (χ0) is 9.97. The van der Waals surface area contributed by atoms with Crippen molar-refractivity contribution in [3.05, 3.63) is 34.3 Å². The van der Waals surface area contributed by atoms with Crippen LogP contribution in [-0.2, 0) is 4.74 Å². The van der Waals surface area contributed by atoms with E-state index in [4.69, 9.17) is 16.3 Å². The fourth-order valence-corrected chi connectivity index (χ4v) is 1.79. The monoisotopic (exact) mass is 247 g/mol. The van der Waals surface area contributed by atoms with Crippen LogP contribution in [0.2, 0.25) is 5.02 Å². The summed E-state index contributed by atoms with van der Waals surface area (Å²) in [6, 6.07) is 6.46. The standard InChI is InChI=1S/C11H14ClNO.ClH/c1-8-2-3-9(6-10(8)12)11-7-14-5-4-13-11;/h2-3,6,11,13H,4-5,7H2,1H3;1H/t11-;/m1./s1. The maximum absolute atomic E-state index is 6.06. The van der Waals surface area contributed by atoms with Crippen molar-refractivity contribution in [2.24, 2.45) is 0 Å². The highest BCUT2D eigenvalue weighted by Crippen LogP contribution is 2.22. The molecule has 1 atom stereocenters. The molecule has 1 aliphatic heterocycles. The summed E-state index contributed by atoms with van der Waals surface area (Å²) in [6.07, 6.45) is 0. The zero-order valence-corrected chi connectivity index (χ0v) is 10.2. The summed E-state index contributed by atoms with van der Waals surface area (Å²) >= 11 is 6.06. The maximum atomic E-state index is 6.06. The molecule has 15 heavy (non-hydrogen) atoms. The minimum absolute atomic E-state index is 0. The summed E-state index contributed by atoms with van der Waals surface area (Å²) in [5.74, 6) is 0. The van der Waals surface area contributed by atoms with Crippen molar-refractivity contribution >= 4 is 24.0 Å². The molecule has 0 unspecified atom stereocenters. The molecule has 84 valence electrons. The number of nitrogens with one attached hydrogen (secondary N) is 1. The summed E-state index contributed by atoms with van der Waals surface area (Å²) in [5.41, 5.74) is 2.33. The van der Waals surface area contributed by atoms with E-state index in [1.165, 1.54) is 5.56 Å². The first-order valence-electron chi connectivity index (χ1n) is 4.84. The third-order valence-corrected chi connectivity index (χ3v) is 2.93. The Hall–Kier alpha value is -0.280. The lowest BCUT2D eigenvalue weighted by Gasteiger charge is -2.24. The normalized spacial score (nSPS) is 20.8. The van der Waals surface area contributed by atoms with Crippen LogP contribution >= 0.6 is 24.0 Å². The zero-order valence-electron chi connectivity index (χ0n) is 8.63. The Morgan fingerprint density at radius 3 is 2.87 bits per heavy atom. The molecule has 1 saturated heterocycles. The smallest absolute Gasteiger partial charge is 0.0662 e. The molecule has 0 saturated carbocycles. The average Bonchev–Trinajstić information content (AvgIpc) is 2.23. The highest BCUT2D eigenvalue weighted by atomic mass is 35.5. The van der Waals surface area contributed by atoms with Gasteiger partial charge in [-0.15, -0.1) is 12.4 Å². The number of hydrogen-bond donors (Lipinski definition) is 1. The molecule has 1 aliphatic rings. The van der Waals surface area contributed by atoms with Crippen LogP contribution in [-0.4, -0.2) is 19.8 Å². The molecule has 4 heteroatoms. The molecule has 2 rings (SSSR count). The Kier molecular flexibility index (Phi) is 4.87. The Labute approximate surface area is 101 Å². The first-order chi connectivity index (χ1) is 6.77. The van der Waals surface area contributed by atoms with Crippen molar-refractivity contribution < 1.29 is 4.74 Å². The first-order valence-corrected chi connectivity index (χ1v) is 5.22. The van der Waals surface area contributed by atoms with Gasteiger partial charge < -0.3 is 10.1 Å². The van der Waals surface area contributed by atoms with Crippen LogP contribution in [0.25, 0.3) is 0 Å². The van der Waals surface area contributed by atoms with Crippen LogP contribution in [0, 0.1) is 6.92 Å². The van der Waals surface area contributed by atoms with E-state index in [0.29, 0.717) is 6.04 Å². The molecular weight excluding hydrogens is 233 g/mol. The van der Waals surface area contributed by atoms with Crippen molar-refractivity contribution in [3.63, 3.8) is 0 Å². The van der Waals surface area contributed by atoms with Crippen molar-refractivity contribution in [3.8, 4) is 0 Å². The van der Waals surface area contributed by atoms with Crippen LogP contribution in [0.5, 0.6) is 0 Å². The quantitative estimate of drug-likeness (QED) is 0.825. The second kappa shape index (κ2) is 5.71. The van der Waals surface area contributed by atoms with Gasteiger partial charge in [0.05, 0.1) is 19.3 Å². The summed E-state index contributed by atoms with van der Waals surface area (Å²) in [7, 11) is 0. The van der Waals surface area contributed by atoms with Crippen molar-refractivity contribution in [2.45, 2.75) is 13.0 Å². The molecule has 0 amide bonds. The van der Waals surface area contributed by atoms with Crippen LogP contribution in [0.1, 0.15) is 17.2 Å². The van der Waals surface area contributed by atoms with E-state index in [-0.39, 0.29) is 12.4 Å². The molecule has 0 aromatic heterocycles. The van der Waals surface area contributed by atoms with E-state index in [0.717, 1.165) is 30.3 Å². The van der Waals surface area contributed by atoms with E-state index in [1.807, 2.05) is 19.1 Å². The second-order valence-electron chi connectivity index (χ2n) is 3.59. The highest BCUT2D eigenvalue weighted by Gasteiger charge is 2.15. The van der Waals surface area contributed by atoms with Gasteiger partial charge in [-0.3, -0.25) is 0 Å². The Balaban J connectivity index is 0.00000112. The molecule has 1 N–H and O–H groups in total. The third kappa shape index (κ3) is 3.08. The van der Waals surface area contributed by atoms with Crippen LogP contribution in [0.3, 0.4) is 0 Å². The van der Waals surface area contributed by atoms with Gasteiger partial charge in [0.25, 0.3) is 0 Å². The van der Waals surface area contributed by atoms with Crippen LogP contribution < -0.4 is 5.32 Å². The van der Waals surface area contributed by atoms with Gasteiger partial charge in [-0.2, -0.15) is 0 Å². The van der Waals surface area contributed by atoms with Gasteiger partial charge in [0.1, 0.15) is 0 Å². The fraction of sp³-hybridized carbons (Fsp3) is 0.455. The van der Waals surface area contributed by atoms with E-state index in [1.54, 1.807) is 0 Å². The van der Waals surface area contributed by atoms with Gasteiger partial charge in [-0.05, 0) is 24.1 Å². The molecule has 0 spiro atoms. The third-order valence-electron chi connectivity index (χ3n) is 2.52. The minimum Gasteiger partial charge on any atom is -0.378 e.